The Morgan fingerprint density at radius 2 is 2.43 bits per heavy atom. The fourth-order valence-electron chi connectivity index (χ4n) is 2.86. The van der Waals surface area contributed by atoms with Crippen molar-refractivity contribution in [2.45, 2.75) is 24.8 Å². The molecule has 1 N–H and O–H groups in total. The highest BCUT2D eigenvalue weighted by Crippen LogP contribution is 2.51. The molecule has 2 atom stereocenters. The van der Waals surface area contributed by atoms with Gasteiger partial charge in [-0.2, -0.15) is 5.10 Å². The summed E-state index contributed by atoms with van der Waals surface area (Å²) < 4.78 is 1.90. The highest BCUT2D eigenvalue weighted by Gasteiger charge is 2.51. The molecule has 0 amide bonds. The van der Waals surface area contributed by atoms with E-state index in [1.54, 1.807) is 0 Å². The number of rotatable bonds is 1. The van der Waals surface area contributed by atoms with Gasteiger partial charge in [0.1, 0.15) is 0 Å². The van der Waals surface area contributed by atoms with Crippen LogP contribution in [0.4, 0.5) is 0 Å². The molecule has 1 aromatic rings. The Balaban J connectivity index is 0.000000750. The minimum atomic E-state index is 0. The average molecular weight is 214 g/mol. The van der Waals surface area contributed by atoms with Crippen molar-refractivity contribution in [2.75, 3.05) is 6.54 Å². The minimum absolute atomic E-state index is 0. The standard InChI is InChI=1S/C10H15N3.ClH/c1-13-7-9(6-12-13)10-4-2-8(10)3-5-11-10;/h6-8,11H,2-5H2,1H3;1H. The molecule has 2 fully saturated rings. The normalized spacial score (nSPS) is 34.5. The number of hydrogen-bond donors (Lipinski definition) is 1. The van der Waals surface area contributed by atoms with Gasteiger partial charge in [0.25, 0.3) is 0 Å². The smallest absolute Gasteiger partial charge is 0.0540 e. The van der Waals surface area contributed by atoms with Gasteiger partial charge in [-0.1, -0.05) is 0 Å². The van der Waals surface area contributed by atoms with Crippen LogP contribution >= 0.6 is 12.4 Å². The van der Waals surface area contributed by atoms with Gasteiger partial charge in [0.15, 0.2) is 0 Å². The molecule has 1 saturated heterocycles. The molecule has 3 rings (SSSR count). The third kappa shape index (κ3) is 1.12. The molecule has 2 unspecified atom stereocenters. The first-order valence-corrected chi connectivity index (χ1v) is 5.05. The van der Waals surface area contributed by atoms with Crippen molar-refractivity contribution in [1.29, 1.82) is 0 Å². The van der Waals surface area contributed by atoms with Gasteiger partial charge in [0.05, 0.1) is 6.20 Å². The van der Waals surface area contributed by atoms with E-state index in [1.165, 1.54) is 31.4 Å². The molecule has 2 aliphatic rings. The van der Waals surface area contributed by atoms with E-state index in [-0.39, 0.29) is 12.4 Å². The van der Waals surface area contributed by atoms with Crippen molar-refractivity contribution < 1.29 is 0 Å². The van der Waals surface area contributed by atoms with Crippen LogP contribution < -0.4 is 5.32 Å². The van der Waals surface area contributed by atoms with Crippen molar-refractivity contribution >= 4 is 12.4 Å². The molecule has 0 bridgehead atoms. The van der Waals surface area contributed by atoms with E-state index < -0.39 is 0 Å². The molecule has 0 radical (unpaired) electrons. The first-order chi connectivity index (χ1) is 6.31. The van der Waals surface area contributed by atoms with Crippen molar-refractivity contribution in [2.24, 2.45) is 13.0 Å². The van der Waals surface area contributed by atoms with E-state index in [0.717, 1.165) is 5.92 Å². The highest BCUT2D eigenvalue weighted by molar-refractivity contribution is 5.85. The molecule has 3 nitrogen and oxygen atoms in total. The lowest BCUT2D eigenvalue weighted by Gasteiger charge is -2.44. The summed E-state index contributed by atoms with van der Waals surface area (Å²) in [5.74, 6) is 0.872. The van der Waals surface area contributed by atoms with Crippen LogP contribution in [0.3, 0.4) is 0 Å². The van der Waals surface area contributed by atoms with E-state index in [1.807, 2.05) is 17.9 Å². The van der Waals surface area contributed by atoms with Gasteiger partial charge < -0.3 is 5.32 Å². The maximum atomic E-state index is 4.25. The van der Waals surface area contributed by atoms with E-state index >= 15 is 0 Å². The number of aryl methyl sites for hydroxylation is 1. The number of halogens is 1. The number of nitrogens with one attached hydrogen (secondary N) is 1. The molecule has 1 aliphatic carbocycles. The minimum Gasteiger partial charge on any atom is -0.307 e. The predicted octanol–water partition coefficient (Wildman–Crippen LogP) is 1.44. The Morgan fingerprint density at radius 1 is 1.57 bits per heavy atom. The predicted molar refractivity (Wildman–Crippen MR) is 57.5 cm³/mol. The van der Waals surface area contributed by atoms with Gasteiger partial charge in [0, 0.05) is 24.3 Å². The third-order valence-electron chi connectivity index (χ3n) is 3.74. The van der Waals surface area contributed by atoms with Gasteiger partial charge in [0.2, 0.25) is 0 Å². The van der Waals surface area contributed by atoms with Gasteiger partial charge in [-0.05, 0) is 31.7 Å². The first-order valence-electron chi connectivity index (χ1n) is 5.05. The van der Waals surface area contributed by atoms with Crippen LogP contribution in [0.25, 0.3) is 0 Å². The molecule has 14 heavy (non-hydrogen) atoms. The average Bonchev–Trinajstić information content (AvgIpc) is 2.59. The Hall–Kier alpha value is -0.540. The summed E-state index contributed by atoms with van der Waals surface area (Å²) in [6.45, 7) is 1.18. The van der Waals surface area contributed by atoms with E-state index in [4.69, 9.17) is 0 Å². The summed E-state index contributed by atoms with van der Waals surface area (Å²) in [5, 5.41) is 7.90. The van der Waals surface area contributed by atoms with E-state index in [0.29, 0.717) is 5.54 Å². The Labute approximate surface area is 90.3 Å². The number of hydrogen-bond acceptors (Lipinski definition) is 2. The van der Waals surface area contributed by atoms with Crippen LogP contribution in [0.2, 0.25) is 0 Å². The molecular formula is C10H16ClN3. The lowest BCUT2D eigenvalue weighted by Crippen LogP contribution is -2.48. The molecular weight excluding hydrogens is 198 g/mol. The lowest BCUT2D eigenvalue weighted by molar-refractivity contribution is 0.136. The first kappa shape index (κ1) is 9.99. The summed E-state index contributed by atoms with van der Waals surface area (Å²) in [6, 6.07) is 0. The number of nitrogens with zero attached hydrogens (tertiary/aromatic N) is 2. The van der Waals surface area contributed by atoms with Crippen LogP contribution in [-0.2, 0) is 12.6 Å². The lowest BCUT2D eigenvalue weighted by atomic mass is 9.65. The van der Waals surface area contributed by atoms with Gasteiger partial charge in [-0.15, -0.1) is 12.4 Å². The zero-order valence-corrected chi connectivity index (χ0v) is 9.18. The molecule has 1 saturated carbocycles. The molecule has 2 heterocycles. The highest BCUT2D eigenvalue weighted by atomic mass is 35.5. The van der Waals surface area contributed by atoms with Crippen molar-refractivity contribution in [3.8, 4) is 0 Å². The quantitative estimate of drug-likeness (QED) is 0.765. The van der Waals surface area contributed by atoms with Gasteiger partial charge >= 0.3 is 0 Å². The van der Waals surface area contributed by atoms with E-state index in [9.17, 15) is 0 Å². The summed E-state index contributed by atoms with van der Waals surface area (Å²) >= 11 is 0. The Morgan fingerprint density at radius 3 is 2.93 bits per heavy atom. The Kier molecular flexibility index (Phi) is 2.32. The molecule has 1 aromatic heterocycles. The maximum absolute atomic E-state index is 4.25. The Bertz CT molecular complexity index is 336. The van der Waals surface area contributed by atoms with E-state index in [2.05, 4.69) is 16.6 Å². The van der Waals surface area contributed by atoms with Gasteiger partial charge in [-0.25, -0.2) is 0 Å². The number of aromatic nitrogens is 2. The summed E-state index contributed by atoms with van der Waals surface area (Å²) in [7, 11) is 1.99. The second-order valence-electron chi connectivity index (χ2n) is 4.33. The second kappa shape index (κ2) is 3.24. The monoisotopic (exact) mass is 213 g/mol. The third-order valence-corrected chi connectivity index (χ3v) is 3.74. The van der Waals surface area contributed by atoms with Crippen LogP contribution in [0.5, 0.6) is 0 Å². The number of fused-ring (bicyclic) bond motifs is 1. The molecule has 0 aromatic carbocycles. The SMILES string of the molecule is Cl.Cn1cc(C23CCC2CCN3)cn1. The summed E-state index contributed by atoms with van der Waals surface area (Å²) in [4.78, 5) is 0. The fourth-order valence-corrected chi connectivity index (χ4v) is 2.86. The van der Waals surface area contributed by atoms with Crippen molar-refractivity contribution in [1.82, 2.24) is 15.1 Å². The van der Waals surface area contributed by atoms with Crippen molar-refractivity contribution in [3.05, 3.63) is 18.0 Å². The topological polar surface area (TPSA) is 29.9 Å². The van der Waals surface area contributed by atoms with Crippen LogP contribution in [0, 0.1) is 5.92 Å². The zero-order valence-electron chi connectivity index (χ0n) is 8.36. The zero-order chi connectivity index (χ0) is 8.89. The summed E-state index contributed by atoms with van der Waals surface area (Å²) in [6.07, 6.45) is 8.20. The van der Waals surface area contributed by atoms with Crippen molar-refractivity contribution in [3.63, 3.8) is 0 Å². The van der Waals surface area contributed by atoms with Crippen LogP contribution in [0.15, 0.2) is 12.4 Å². The van der Waals surface area contributed by atoms with Crippen LogP contribution in [-0.4, -0.2) is 16.3 Å². The fraction of sp³-hybridized carbons (Fsp3) is 0.700. The molecule has 1 aliphatic heterocycles. The molecule has 78 valence electrons. The molecule has 4 heteroatoms. The van der Waals surface area contributed by atoms with Crippen LogP contribution in [0.1, 0.15) is 24.8 Å². The van der Waals surface area contributed by atoms with Gasteiger partial charge in [-0.3, -0.25) is 4.68 Å². The largest absolute Gasteiger partial charge is 0.307 e. The maximum Gasteiger partial charge on any atom is 0.0540 e. The molecule has 0 spiro atoms. The second-order valence-corrected chi connectivity index (χ2v) is 4.33. The summed E-state index contributed by atoms with van der Waals surface area (Å²) in [5.41, 5.74) is 1.71.